The third-order valence-corrected chi connectivity index (χ3v) is 3.29. The summed E-state index contributed by atoms with van der Waals surface area (Å²) >= 11 is 0. The van der Waals surface area contributed by atoms with Crippen LogP contribution >= 0.6 is 0 Å². The average molecular weight is 268 g/mol. The second kappa shape index (κ2) is 6.88. The molecule has 2 aromatic rings. The standard InChI is InChI=1S/C16H20N4/c1-13-11-19-20(12-13)8-4-7-18-14(2)16-6-3-5-15(9-16)10-17/h3,5-6,9,11-12,14,18H,4,7-8H2,1-2H3/t14-/m1/s1. The molecule has 1 aromatic carbocycles. The van der Waals surface area contributed by atoms with Crippen molar-refractivity contribution in [1.82, 2.24) is 15.1 Å². The molecule has 1 N–H and O–H groups in total. The highest BCUT2D eigenvalue weighted by molar-refractivity contribution is 5.33. The Morgan fingerprint density at radius 2 is 2.30 bits per heavy atom. The van der Waals surface area contributed by atoms with Gasteiger partial charge in [-0.25, -0.2) is 0 Å². The quantitative estimate of drug-likeness (QED) is 0.820. The summed E-state index contributed by atoms with van der Waals surface area (Å²) < 4.78 is 1.97. The van der Waals surface area contributed by atoms with Gasteiger partial charge in [-0.15, -0.1) is 0 Å². The Morgan fingerprint density at radius 1 is 1.45 bits per heavy atom. The number of hydrogen-bond donors (Lipinski definition) is 1. The van der Waals surface area contributed by atoms with E-state index in [1.807, 2.05) is 36.0 Å². The maximum Gasteiger partial charge on any atom is 0.0991 e. The van der Waals surface area contributed by atoms with Crippen LogP contribution in [0.4, 0.5) is 0 Å². The zero-order valence-electron chi connectivity index (χ0n) is 12.0. The van der Waals surface area contributed by atoms with Crippen LogP contribution in [0.25, 0.3) is 0 Å². The van der Waals surface area contributed by atoms with Gasteiger partial charge in [-0.2, -0.15) is 10.4 Å². The molecule has 0 aliphatic rings. The van der Waals surface area contributed by atoms with E-state index in [2.05, 4.69) is 35.7 Å². The fourth-order valence-electron chi connectivity index (χ4n) is 2.14. The van der Waals surface area contributed by atoms with Gasteiger partial charge in [0.1, 0.15) is 0 Å². The topological polar surface area (TPSA) is 53.6 Å². The molecular formula is C16H20N4. The van der Waals surface area contributed by atoms with Gasteiger partial charge in [0.2, 0.25) is 0 Å². The highest BCUT2D eigenvalue weighted by Gasteiger charge is 2.05. The van der Waals surface area contributed by atoms with Crippen molar-refractivity contribution >= 4 is 0 Å². The third kappa shape index (κ3) is 3.94. The molecule has 4 nitrogen and oxygen atoms in total. The highest BCUT2D eigenvalue weighted by atomic mass is 15.3. The van der Waals surface area contributed by atoms with E-state index in [0.29, 0.717) is 5.56 Å². The summed E-state index contributed by atoms with van der Waals surface area (Å²) in [7, 11) is 0. The summed E-state index contributed by atoms with van der Waals surface area (Å²) in [5.74, 6) is 0. The van der Waals surface area contributed by atoms with Gasteiger partial charge in [-0.1, -0.05) is 12.1 Å². The summed E-state index contributed by atoms with van der Waals surface area (Å²) in [4.78, 5) is 0. The minimum atomic E-state index is 0.252. The largest absolute Gasteiger partial charge is 0.310 e. The van der Waals surface area contributed by atoms with Crippen molar-refractivity contribution in [2.24, 2.45) is 0 Å². The SMILES string of the molecule is Cc1cnn(CCCN[C@H](C)c2cccc(C#N)c2)c1. The first-order chi connectivity index (χ1) is 9.69. The zero-order valence-corrected chi connectivity index (χ0v) is 12.0. The number of nitrogens with one attached hydrogen (secondary N) is 1. The van der Waals surface area contributed by atoms with E-state index in [4.69, 9.17) is 5.26 Å². The Morgan fingerprint density at radius 3 is 3.00 bits per heavy atom. The van der Waals surface area contributed by atoms with Crippen LogP contribution in [0.3, 0.4) is 0 Å². The van der Waals surface area contributed by atoms with E-state index in [1.165, 1.54) is 5.56 Å². The lowest BCUT2D eigenvalue weighted by Crippen LogP contribution is -2.21. The van der Waals surface area contributed by atoms with Crippen molar-refractivity contribution in [3.63, 3.8) is 0 Å². The summed E-state index contributed by atoms with van der Waals surface area (Å²) in [6, 6.07) is 10.2. The van der Waals surface area contributed by atoms with Crippen LogP contribution in [0.5, 0.6) is 0 Å². The lowest BCUT2D eigenvalue weighted by atomic mass is 10.1. The molecule has 0 fully saturated rings. The summed E-state index contributed by atoms with van der Waals surface area (Å²) in [5.41, 5.74) is 3.06. The number of rotatable bonds is 6. The number of hydrogen-bond acceptors (Lipinski definition) is 3. The third-order valence-electron chi connectivity index (χ3n) is 3.29. The number of nitrogens with zero attached hydrogens (tertiary/aromatic N) is 3. The molecule has 2 rings (SSSR count). The van der Waals surface area contributed by atoms with Gasteiger partial charge >= 0.3 is 0 Å². The van der Waals surface area contributed by atoms with E-state index >= 15 is 0 Å². The lowest BCUT2D eigenvalue weighted by Gasteiger charge is -2.14. The molecule has 0 aliphatic heterocycles. The average Bonchev–Trinajstić information content (AvgIpc) is 2.89. The number of benzene rings is 1. The van der Waals surface area contributed by atoms with Gasteiger partial charge in [0.05, 0.1) is 17.8 Å². The van der Waals surface area contributed by atoms with E-state index in [9.17, 15) is 0 Å². The van der Waals surface area contributed by atoms with E-state index < -0.39 is 0 Å². The van der Waals surface area contributed by atoms with Crippen molar-refractivity contribution in [1.29, 1.82) is 5.26 Å². The Hall–Kier alpha value is -2.12. The van der Waals surface area contributed by atoms with Crippen molar-refractivity contribution < 1.29 is 0 Å². The zero-order chi connectivity index (χ0) is 14.4. The van der Waals surface area contributed by atoms with Gasteiger partial charge in [0.15, 0.2) is 0 Å². The van der Waals surface area contributed by atoms with E-state index in [-0.39, 0.29) is 6.04 Å². The van der Waals surface area contributed by atoms with Crippen LogP contribution < -0.4 is 5.32 Å². The minimum Gasteiger partial charge on any atom is -0.310 e. The maximum atomic E-state index is 8.91. The van der Waals surface area contributed by atoms with E-state index in [1.54, 1.807) is 0 Å². The Balaban J connectivity index is 1.77. The summed E-state index contributed by atoms with van der Waals surface area (Å²) in [6.07, 6.45) is 4.96. The summed E-state index contributed by atoms with van der Waals surface area (Å²) in [5, 5.41) is 16.6. The second-order valence-corrected chi connectivity index (χ2v) is 5.05. The van der Waals surface area contributed by atoms with Gasteiger partial charge in [0.25, 0.3) is 0 Å². The van der Waals surface area contributed by atoms with Gasteiger partial charge in [-0.05, 0) is 50.1 Å². The van der Waals surface area contributed by atoms with Crippen molar-refractivity contribution in [2.75, 3.05) is 6.54 Å². The van der Waals surface area contributed by atoms with Gasteiger partial charge in [-0.3, -0.25) is 4.68 Å². The molecular weight excluding hydrogens is 248 g/mol. The maximum absolute atomic E-state index is 8.91. The molecule has 0 saturated carbocycles. The molecule has 1 aromatic heterocycles. The minimum absolute atomic E-state index is 0.252. The number of aryl methyl sites for hydroxylation is 2. The molecule has 0 bridgehead atoms. The fourth-order valence-corrected chi connectivity index (χ4v) is 2.14. The van der Waals surface area contributed by atoms with Crippen molar-refractivity contribution in [2.45, 2.75) is 32.9 Å². The molecule has 0 radical (unpaired) electrons. The van der Waals surface area contributed by atoms with Crippen LogP contribution in [-0.2, 0) is 6.54 Å². The molecule has 0 amide bonds. The molecule has 0 unspecified atom stereocenters. The van der Waals surface area contributed by atoms with Crippen LogP contribution in [0, 0.1) is 18.3 Å². The monoisotopic (exact) mass is 268 g/mol. The predicted octanol–water partition coefficient (Wildman–Crippen LogP) is 2.80. The smallest absolute Gasteiger partial charge is 0.0991 e. The first kappa shape index (κ1) is 14.3. The lowest BCUT2D eigenvalue weighted by molar-refractivity contribution is 0.507. The fraction of sp³-hybridized carbons (Fsp3) is 0.375. The molecule has 1 heterocycles. The van der Waals surface area contributed by atoms with Gasteiger partial charge in [0, 0.05) is 18.8 Å². The predicted molar refractivity (Wildman–Crippen MR) is 79.2 cm³/mol. The molecule has 104 valence electrons. The normalized spacial score (nSPS) is 12.1. The molecule has 0 spiro atoms. The molecule has 0 saturated heterocycles. The first-order valence-electron chi connectivity index (χ1n) is 6.91. The summed E-state index contributed by atoms with van der Waals surface area (Å²) in [6.45, 7) is 6.02. The van der Waals surface area contributed by atoms with Crippen LogP contribution in [0.1, 0.15) is 36.1 Å². The van der Waals surface area contributed by atoms with Crippen LogP contribution in [-0.4, -0.2) is 16.3 Å². The highest BCUT2D eigenvalue weighted by Crippen LogP contribution is 2.13. The van der Waals surface area contributed by atoms with Crippen molar-refractivity contribution in [3.05, 3.63) is 53.3 Å². The Kier molecular flexibility index (Phi) is 4.91. The number of nitriles is 1. The Labute approximate surface area is 120 Å². The number of aromatic nitrogens is 2. The molecule has 20 heavy (non-hydrogen) atoms. The second-order valence-electron chi connectivity index (χ2n) is 5.05. The van der Waals surface area contributed by atoms with E-state index in [0.717, 1.165) is 25.1 Å². The van der Waals surface area contributed by atoms with Crippen molar-refractivity contribution in [3.8, 4) is 6.07 Å². The molecule has 4 heteroatoms. The van der Waals surface area contributed by atoms with Crippen LogP contribution in [0.15, 0.2) is 36.7 Å². The Bertz CT molecular complexity index is 595. The van der Waals surface area contributed by atoms with Crippen LogP contribution in [0.2, 0.25) is 0 Å². The van der Waals surface area contributed by atoms with Gasteiger partial charge < -0.3 is 5.32 Å². The molecule has 0 aliphatic carbocycles. The first-order valence-corrected chi connectivity index (χ1v) is 6.91. The molecule has 1 atom stereocenters.